The van der Waals surface area contributed by atoms with E-state index in [2.05, 4.69) is 32.7 Å². The Balaban J connectivity index is 1.14. The number of thiophene rings is 1. The van der Waals surface area contributed by atoms with Gasteiger partial charge >= 0.3 is 6.18 Å². The van der Waals surface area contributed by atoms with Gasteiger partial charge in [0.25, 0.3) is 0 Å². The molecule has 0 radical (unpaired) electrons. The minimum absolute atomic E-state index is 0.00833. The molecule has 0 bridgehead atoms. The van der Waals surface area contributed by atoms with Crippen molar-refractivity contribution in [1.29, 1.82) is 5.26 Å². The molecule has 2 aromatic carbocycles. The predicted octanol–water partition coefficient (Wildman–Crippen LogP) is 6.75. The van der Waals surface area contributed by atoms with E-state index in [1.807, 2.05) is 12.1 Å². The number of nitrogens with zero attached hydrogens (tertiary/aromatic N) is 2. The Morgan fingerprint density at radius 1 is 1.06 bits per heavy atom. The molecule has 1 spiro atoms. The largest absolute Gasteiger partial charge is 0.477 e. The Hall–Kier alpha value is -3.75. The smallest absolute Gasteiger partial charge is 0.393 e. The van der Waals surface area contributed by atoms with E-state index in [1.165, 1.54) is 36.3 Å². The van der Waals surface area contributed by atoms with Crippen LogP contribution in [0.5, 0.6) is 5.75 Å². The van der Waals surface area contributed by atoms with Crippen LogP contribution in [0.1, 0.15) is 49.0 Å². The number of anilines is 3. The molecule has 2 aliphatic heterocycles. The summed E-state index contributed by atoms with van der Waals surface area (Å²) in [4.78, 5) is 2.98. The Kier molecular flexibility index (Phi) is 11.0. The summed E-state index contributed by atoms with van der Waals surface area (Å²) >= 11 is 1.25. The SMILES string of the molecule is N#CCOc1cc(NCCO)c(F)cc1NCC#Cc1sc2c(NC3CCC(N4CCC5(CC4)COC5)CC3)cccc2c1CC(F)(F)F. The molecule has 1 aliphatic carbocycles. The van der Waals surface area contributed by atoms with Crippen LogP contribution in [0.3, 0.4) is 0 Å². The van der Waals surface area contributed by atoms with E-state index in [4.69, 9.17) is 19.8 Å². The number of likely N-dealkylation sites (tertiary alicyclic amines) is 1. The number of aliphatic hydroxyl groups is 1. The van der Waals surface area contributed by atoms with Crippen molar-refractivity contribution < 1.29 is 32.1 Å². The summed E-state index contributed by atoms with van der Waals surface area (Å²) in [6.45, 7) is 3.70. The fraction of sp³-hybridized carbons (Fsp3) is 0.528. The van der Waals surface area contributed by atoms with E-state index in [9.17, 15) is 17.6 Å². The van der Waals surface area contributed by atoms with E-state index in [1.54, 1.807) is 12.1 Å². The first kappa shape index (κ1) is 35.1. The molecule has 4 N–H and O–H groups in total. The Labute approximate surface area is 287 Å². The lowest BCUT2D eigenvalue weighted by Crippen LogP contribution is -2.53. The minimum Gasteiger partial charge on any atom is -0.477 e. The summed E-state index contributed by atoms with van der Waals surface area (Å²) in [5.41, 5.74) is 1.73. The van der Waals surface area contributed by atoms with Crippen molar-refractivity contribution in [3.05, 3.63) is 46.6 Å². The normalized spacial score (nSPS) is 20.6. The molecule has 1 aromatic heterocycles. The highest BCUT2D eigenvalue weighted by Crippen LogP contribution is 2.42. The number of hydrogen-bond acceptors (Lipinski definition) is 9. The molecule has 1 saturated carbocycles. The Morgan fingerprint density at radius 2 is 1.84 bits per heavy atom. The fourth-order valence-electron chi connectivity index (χ4n) is 7.12. The monoisotopic (exact) mass is 699 g/mol. The summed E-state index contributed by atoms with van der Waals surface area (Å²) in [6.07, 6.45) is 1.11. The van der Waals surface area contributed by atoms with Gasteiger partial charge in [-0.05, 0) is 68.6 Å². The molecular formula is C36H41F4N5O3S. The van der Waals surface area contributed by atoms with E-state index in [0.717, 1.165) is 62.4 Å². The van der Waals surface area contributed by atoms with Crippen LogP contribution in [0, 0.1) is 34.4 Å². The quantitative estimate of drug-likeness (QED) is 0.129. The fourth-order valence-corrected chi connectivity index (χ4v) is 8.29. The molecule has 0 amide bonds. The van der Waals surface area contributed by atoms with Crippen LogP contribution in [-0.4, -0.2) is 80.9 Å². The maximum atomic E-state index is 14.7. The third-order valence-electron chi connectivity index (χ3n) is 9.80. The van der Waals surface area contributed by atoms with Crippen LogP contribution in [0.15, 0.2) is 30.3 Å². The van der Waals surface area contributed by atoms with Gasteiger partial charge in [-0.15, -0.1) is 11.3 Å². The van der Waals surface area contributed by atoms with Crippen molar-refractivity contribution in [2.45, 2.75) is 63.2 Å². The number of alkyl halides is 3. The van der Waals surface area contributed by atoms with Gasteiger partial charge in [0.05, 0.1) is 59.4 Å². The minimum atomic E-state index is -4.42. The topological polar surface area (TPSA) is 102 Å². The number of fused-ring (bicyclic) bond motifs is 1. The molecule has 8 nitrogen and oxygen atoms in total. The number of aliphatic hydroxyl groups excluding tert-OH is 1. The molecule has 3 aliphatic rings. The zero-order valence-electron chi connectivity index (χ0n) is 27.2. The van der Waals surface area contributed by atoms with Gasteiger partial charge < -0.3 is 35.4 Å². The third-order valence-corrected chi connectivity index (χ3v) is 11.0. The van der Waals surface area contributed by atoms with Crippen LogP contribution < -0.4 is 20.7 Å². The van der Waals surface area contributed by atoms with Crippen molar-refractivity contribution in [3.63, 3.8) is 0 Å². The first-order chi connectivity index (χ1) is 23.7. The molecule has 2 saturated heterocycles. The molecule has 262 valence electrons. The molecule has 13 heteroatoms. The van der Waals surface area contributed by atoms with E-state index < -0.39 is 18.4 Å². The molecule has 0 atom stereocenters. The van der Waals surface area contributed by atoms with Gasteiger partial charge in [-0.1, -0.05) is 24.0 Å². The van der Waals surface area contributed by atoms with Gasteiger partial charge in [-0.3, -0.25) is 0 Å². The molecule has 49 heavy (non-hydrogen) atoms. The molecule has 3 fully saturated rings. The number of nitrogens with one attached hydrogen (secondary N) is 3. The first-order valence-corrected chi connectivity index (χ1v) is 17.6. The molecule has 3 heterocycles. The van der Waals surface area contributed by atoms with E-state index in [0.29, 0.717) is 21.7 Å². The lowest BCUT2D eigenvalue weighted by Gasteiger charge is -2.49. The van der Waals surface area contributed by atoms with E-state index >= 15 is 0 Å². The zero-order chi connectivity index (χ0) is 34.4. The second-order valence-electron chi connectivity index (χ2n) is 13.1. The maximum absolute atomic E-state index is 14.7. The van der Waals surface area contributed by atoms with Gasteiger partial charge in [0.2, 0.25) is 0 Å². The maximum Gasteiger partial charge on any atom is 0.393 e. The summed E-state index contributed by atoms with van der Waals surface area (Å²) in [7, 11) is 0. The summed E-state index contributed by atoms with van der Waals surface area (Å²) in [5.74, 6) is 5.42. The number of ether oxygens (including phenoxy) is 2. The summed E-state index contributed by atoms with van der Waals surface area (Å²) in [5, 5.41) is 27.9. The van der Waals surface area contributed by atoms with Crippen molar-refractivity contribution in [1.82, 2.24) is 4.90 Å². The van der Waals surface area contributed by atoms with Gasteiger partial charge in [-0.2, -0.15) is 18.4 Å². The van der Waals surface area contributed by atoms with Gasteiger partial charge in [-0.25, -0.2) is 4.39 Å². The first-order valence-electron chi connectivity index (χ1n) is 16.8. The highest BCUT2D eigenvalue weighted by Gasteiger charge is 2.42. The van der Waals surface area contributed by atoms with Crippen LogP contribution >= 0.6 is 11.3 Å². The van der Waals surface area contributed by atoms with Gasteiger partial charge in [0.1, 0.15) is 17.6 Å². The summed E-state index contributed by atoms with van der Waals surface area (Å²) < 4.78 is 67.7. The summed E-state index contributed by atoms with van der Waals surface area (Å²) in [6, 6.07) is 10.7. The number of nitriles is 1. The van der Waals surface area contributed by atoms with Gasteiger partial charge in [0.15, 0.2) is 6.61 Å². The number of piperidine rings is 1. The average molecular weight is 700 g/mol. The van der Waals surface area contributed by atoms with Gasteiger partial charge in [0, 0.05) is 36.2 Å². The van der Waals surface area contributed by atoms with Crippen molar-refractivity contribution in [2.75, 3.05) is 68.6 Å². The average Bonchev–Trinajstić information content (AvgIpc) is 3.41. The molecule has 0 unspecified atom stereocenters. The van der Waals surface area contributed by atoms with Crippen molar-refractivity contribution in [3.8, 4) is 23.7 Å². The van der Waals surface area contributed by atoms with Crippen molar-refractivity contribution in [2.24, 2.45) is 5.41 Å². The Morgan fingerprint density at radius 3 is 2.51 bits per heavy atom. The highest BCUT2D eigenvalue weighted by molar-refractivity contribution is 7.20. The number of rotatable bonds is 11. The molecule has 3 aromatic rings. The number of hydrogen-bond donors (Lipinski definition) is 4. The second-order valence-corrected chi connectivity index (χ2v) is 14.2. The number of benzene rings is 2. The lowest BCUT2D eigenvalue weighted by molar-refractivity contribution is -0.143. The lowest BCUT2D eigenvalue weighted by atomic mass is 9.76. The van der Waals surface area contributed by atoms with Crippen molar-refractivity contribution >= 4 is 38.5 Å². The standard InChI is InChI=1S/C36H41F4N5O3S/c37-28-19-31(32(48-18-12-41)20-30(28)43-14-17-46)42-13-2-5-33-27(21-36(38,39)40)26-3-1-4-29(34(26)49-33)44-24-6-8-25(9-7-24)45-15-10-35(11-16-45)22-47-23-35/h1,3-4,19-20,24-25,42-44,46H,6-11,13-18,21-23H2. The zero-order valence-corrected chi connectivity index (χ0v) is 28.0. The third kappa shape index (κ3) is 8.53. The second kappa shape index (κ2) is 15.4. The van der Waals surface area contributed by atoms with Crippen LogP contribution in [0.25, 0.3) is 10.1 Å². The van der Waals surface area contributed by atoms with Crippen LogP contribution in [-0.2, 0) is 11.2 Å². The highest BCUT2D eigenvalue weighted by atomic mass is 32.1. The predicted molar refractivity (Wildman–Crippen MR) is 184 cm³/mol. The molecular weight excluding hydrogens is 658 g/mol. The van der Waals surface area contributed by atoms with E-state index in [-0.39, 0.29) is 55.0 Å². The Bertz CT molecular complexity index is 1710. The van der Waals surface area contributed by atoms with Crippen LogP contribution in [0.4, 0.5) is 34.6 Å². The van der Waals surface area contributed by atoms with Crippen LogP contribution in [0.2, 0.25) is 0 Å². The molecule has 6 rings (SSSR count). The number of halogens is 4.